The van der Waals surface area contributed by atoms with Gasteiger partial charge in [-0.1, -0.05) is 19.1 Å². The monoisotopic (exact) mass is 268 g/mol. The van der Waals surface area contributed by atoms with E-state index in [9.17, 15) is 9.18 Å². The zero-order valence-electron chi connectivity index (χ0n) is 11.4. The van der Waals surface area contributed by atoms with Crippen molar-refractivity contribution in [3.63, 3.8) is 0 Å². The second-order valence-corrected chi connectivity index (χ2v) is 4.64. The molecule has 0 fully saturated rings. The standard InChI is InChI=1S/C14H21FN2O2/c1-11(10-16)9-14(18)17(2)7-8-19-13-6-4-3-5-12(13)15/h3-6,11H,7-10,16H2,1-2H3. The number of amides is 1. The Morgan fingerprint density at radius 2 is 2.16 bits per heavy atom. The van der Waals surface area contributed by atoms with Crippen LogP contribution in [0.4, 0.5) is 4.39 Å². The van der Waals surface area contributed by atoms with Crippen molar-refractivity contribution in [2.45, 2.75) is 13.3 Å². The Morgan fingerprint density at radius 1 is 1.47 bits per heavy atom. The summed E-state index contributed by atoms with van der Waals surface area (Å²) in [5, 5.41) is 0. The van der Waals surface area contributed by atoms with Crippen molar-refractivity contribution in [3.8, 4) is 5.75 Å². The fourth-order valence-electron chi connectivity index (χ4n) is 1.52. The van der Waals surface area contributed by atoms with Gasteiger partial charge in [0.2, 0.25) is 5.91 Å². The Balaban J connectivity index is 2.33. The molecule has 0 saturated heterocycles. The van der Waals surface area contributed by atoms with E-state index in [0.717, 1.165) is 0 Å². The maximum Gasteiger partial charge on any atom is 0.222 e. The fraction of sp³-hybridized carbons (Fsp3) is 0.500. The maximum atomic E-state index is 13.3. The number of carbonyl (C=O) groups excluding carboxylic acids is 1. The van der Waals surface area contributed by atoms with Gasteiger partial charge >= 0.3 is 0 Å². The van der Waals surface area contributed by atoms with Crippen LogP contribution in [0.2, 0.25) is 0 Å². The zero-order chi connectivity index (χ0) is 14.3. The van der Waals surface area contributed by atoms with Crippen molar-refractivity contribution in [3.05, 3.63) is 30.1 Å². The third kappa shape index (κ3) is 5.26. The lowest BCUT2D eigenvalue weighted by Crippen LogP contribution is -2.32. The molecule has 1 rings (SSSR count). The van der Waals surface area contributed by atoms with Gasteiger partial charge in [0, 0.05) is 13.5 Å². The third-order valence-electron chi connectivity index (χ3n) is 2.87. The molecule has 1 aromatic carbocycles. The molecule has 0 radical (unpaired) electrons. The van der Waals surface area contributed by atoms with Crippen molar-refractivity contribution in [2.75, 3.05) is 26.7 Å². The van der Waals surface area contributed by atoms with E-state index in [1.54, 1.807) is 30.1 Å². The van der Waals surface area contributed by atoms with Gasteiger partial charge in [-0.05, 0) is 24.6 Å². The summed E-state index contributed by atoms with van der Waals surface area (Å²) < 4.78 is 18.6. The van der Waals surface area contributed by atoms with E-state index in [1.165, 1.54) is 6.07 Å². The van der Waals surface area contributed by atoms with Gasteiger partial charge < -0.3 is 15.4 Å². The lowest BCUT2D eigenvalue weighted by molar-refractivity contribution is -0.131. The van der Waals surface area contributed by atoms with E-state index in [-0.39, 0.29) is 24.2 Å². The predicted octanol–water partition coefficient (Wildman–Crippen LogP) is 1.65. The van der Waals surface area contributed by atoms with Gasteiger partial charge in [-0.3, -0.25) is 4.79 Å². The largest absolute Gasteiger partial charge is 0.489 e. The summed E-state index contributed by atoms with van der Waals surface area (Å²) in [6.45, 7) is 3.11. The minimum Gasteiger partial charge on any atom is -0.489 e. The van der Waals surface area contributed by atoms with Crippen LogP contribution in [0, 0.1) is 11.7 Å². The highest BCUT2D eigenvalue weighted by Gasteiger charge is 2.12. The van der Waals surface area contributed by atoms with Gasteiger partial charge in [0.25, 0.3) is 0 Å². The van der Waals surface area contributed by atoms with Crippen LogP contribution in [-0.4, -0.2) is 37.6 Å². The van der Waals surface area contributed by atoms with Crippen LogP contribution in [0.15, 0.2) is 24.3 Å². The number of likely N-dealkylation sites (N-methyl/N-ethyl adjacent to an activating group) is 1. The summed E-state index contributed by atoms with van der Waals surface area (Å²) in [6.07, 6.45) is 0.423. The van der Waals surface area contributed by atoms with E-state index in [0.29, 0.717) is 19.5 Å². The van der Waals surface area contributed by atoms with Crippen molar-refractivity contribution >= 4 is 5.91 Å². The molecule has 5 heteroatoms. The van der Waals surface area contributed by atoms with Crippen molar-refractivity contribution < 1.29 is 13.9 Å². The molecule has 106 valence electrons. The Bertz CT molecular complexity index is 412. The van der Waals surface area contributed by atoms with Gasteiger partial charge in [0.1, 0.15) is 6.61 Å². The smallest absolute Gasteiger partial charge is 0.222 e. The van der Waals surface area contributed by atoms with Gasteiger partial charge in [0.15, 0.2) is 11.6 Å². The van der Waals surface area contributed by atoms with Crippen LogP contribution in [-0.2, 0) is 4.79 Å². The Morgan fingerprint density at radius 3 is 2.79 bits per heavy atom. The molecule has 19 heavy (non-hydrogen) atoms. The highest BCUT2D eigenvalue weighted by atomic mass is 19.1. The van der Waals surface area contributed by atoms with E-state index in [2.05, 4.69) is 0 Å². The van der Waals surface area contributed by atoms with Crippen molar-refractivity contribution in [1.29, 1.82) is 0 Å². The first-order valence-corrected chi connectivity index (χ1v) is 6.36. The Kier molecular flexibility index (Phi) is 6.29. The summed E-state index contributed by atoms with van der Waals surface area (Å²) in [7, 11) is 1.70. The molecule has 1 unspecified atom stereocenters. The first-order chi connectivity index (χ1) is 9.04. The molecule has 4 nitrogen and oxygen atoms in total. The molecule has 0 bridgehead atoms. The molecule has 0 saturated carbocycles. The second kappa shape index (κ2) is 7.74. The molecule has 0 aromatic heterocycles. The third-order valence-corrected chi connectivity index (χ3v) is 2.87. The van der Waals surface area contributed by atoms with Gasteiger partial charge in [-0.2, -0.15) is 0 Å². The summed E-state index contributed by atoms with van der Waals surface area (Å²) in [6, 6.07) is 6.21. The van der Waals surface area contributed by atoms with Crippen LogP contribution < -0.4 is 10.5 Å². The molecule has 1 aromatic rings. The number of hydrogen-bond donors (Lipinski definition) is 1. The van der Waals surface area contributed by atoms with Crippen LogP contribution >= 0.6 is 0 Å². The molecular formula is C14H21FN2O2. The normalized spacial score (nSPS) is 12.0. The number of nitrogens with zero attached hydrogens (tertiary/aromatic N) is 1. The molecule has 0 aliphatic carbocycles. The van der Waals surface area contributed by atoms with Crippen molar-refractivity contribution in [2.24, 2.45) is 11.7 Å². The number of carbonyl (C=O) groups is 1. The van der Waals surface area contributed by atoms with Gasteiger partial charge in [0.05, 0.1) is 6.54 Å². The molecule has 0 spiro atoms. The SMILES string of the molecule is CC(CN)CC(=O)N(C)CCOc1ccccc1F. The molecule has 0 aliphatic rings. The maximum absolute atomic E-state index is 13.3. The van der Waals surface area contributed by atoms with E-state index >= 15 is 0 Å². The lowest BCUT2D eigenvalue weighted by atomic mass is 10.1. The molecule has 2 N–H and O–H groups in total. The average molecular weight is 268 g/mol. The lowest BCUT2D eigenvalue weighted by Gasteiger charge is -2.19. The molecule has 1 atom stereocenters. The summed E-state index contributed by atoms with van der Waals surface area (Å²) in [5.41, 5.74) is 5.48. The van der Waals surface area contributed by atoms with Crippen LogP contribution in [0.25, 0.3) is 0 Å². The summed E-state index contributed by atoms with van der Waals surface area (Å²) in [4.78, 5) is 13.3. The number of para-hydroxylation sites is 1. The Hall–Kier alpha value is -1.62. The first kappa shape index (κ1) is 15.4. The van der Waals surface area contributed by atoms with Crippen molar-refractivity contribution in [1.82, 2.24) is 4.90 Å². The molecule has 1 amide bonds. The summed E-state index contributed by atoms with van der Waals surface area (Å²) in [5.74, 6) is 0.00410. The molecule has 0 heterocycles. The second-order valence-electron chi connectivity index (χ2n) is 4.64. The number of benzene rings is 1. The number of nitrogens with two attached hydrogens (primary N) is 1. The molecular weight excluding hydrogens is 247 g/mol. The number of rotatable bonds is 7. The van der Waals surface area contributed by atoms with Gasteiger partial charge in [-0.25, -0.2) is 4.39 Å². The number of ether oxygens (including phenoxy) is 1. The van der Waals surface area contributed by atoms with Crippen LogP contribution in [0.1, 0.15) is 13.3 Å². The Labute approximate surface area is 113 Å². The highest BCUT2D eigenvalue weighted by Crippen LogP contribution is 2.15. The minimum absolute atomic E-state index is 0.0232. The predicted molar refractivity (Wildman–Crippen MR) is 72.4 cm³/mol. The van der Waals surface area contributed by atoms with Crippen LogP contribution in [0.3, 0.4) is 0 Å². The molecule has 0 aliphatic heterocycles. The van der Waals surface area contributed by atoms with Crippen LogP contribution in [0.5, 0.6) is 5.75 Å². The number of hydrogen-bond acceptors (Lipinski definition) is 3. The van der Waals surface area contributed by atoms with E-state index in [4.69, 9.17) is 10.5 Å². The minimum atomic E-state index is -0.395. The average Bonchev–Trinajstić information content (AvgIpc) is 2.40. The fourth-order valence-corrected chi connectivity index (χ4v) is 1.52. The van der Waals surface area contributed by atoms with E-state index in [1.807, 2.05) is 6.92 Å². The van der Waals surface area contributed by atoms with Gasteiger partial charge in [-0.15, -0.1) is 0 Å². The topological polar surface area (TPSA) is 55.6 Å². The number of halogens is 1. The quantitative estimate of drug-likeness (QED) is 0.818. The zero-order valence-corrected chi connectivity index (χ0v) is 11.4. The summed E-state index contributed by atoms with van der Waals surface area (Å²) >= 11 is 0. The first-order valence-electron chi connectivity index (χ1n) is 6.36. The van der Waals surface area contributed by atoms with E-state index < -0.39 is 5.82 Å². The highest BCUT2D eigenvalue weighted by molar-refractivity contribution is 5.76.